The number of aryl methyl sites for hydroxylation is 1. The molecule has 0 aromatic carbocycles. The second-order valence-electron chi connectivity index (χ2n) is 4.33. The first-order chi connectivity index (χ1) is 7.20. The molecular formula is C11H19N3S. The van der Waals surface area contributed by atoms with Crippen LogP contribution in [-0.2, 0) is 6.54 Å². The van der Waals surface area contributed by atoms with Gasteiger partial charge in [-0.25, -0.2) is 4.98 Å². The largest absolute Gasteiger partial charge is 0.325 e. The van der Waals surface area contributed by atoms with Gasteiger partial charge in [-0.2, -0.15) is 0 Å². The molecule has 4 heteroatoms. The lowest BCUT2D eigenvalue weighted by Crippen LogP contribution is -2.29. The van der Waals surface area contributed by atoms with E-state index in [4.69, 9.17) is 5.73 Å². The van der Waals surface area contributed by atoms with Crippen LogP contribution in [0.4, 0.5) is 0 Å². The van der Waals surface area contributed by atoms with E-state index in [1.165, 1.54) is 36.5 Å². The highest BCUT2D eigenvalue weighted by atomic mass is 32.1. The minimum absolute atomic E-state index is 0.581. The van der Waals surface area contributed by atoms with Crippen LogP contribution >= 0.6 is 11.3 Å². The van der Waals surface area contributed by atoms with Gasteiger partial charge in [0, 0.05) is 17.3 Å². The molecule has 0 spiro atoms. The van der Waals surface area contributed by atoms with Crippen molar-refractivity contribution in [2.45, 2.75) is 32.2 Å². The molecule has 2 heterocycles. The summed E-state index contributed by atoms with van der Waals surface area (Å²) in [5, 5.41) is 1.08. The number of likely N-dealkylation sites (tertiary alicyclic amines) is 1. The lowest BCUT2D eigenvalue weighted by molar-refractivity contribution is 0.253. The van der Waals surface area contributed by atoms with Crippen molar-refractivity contribution < 1.29 is 0 Å². The zero-order valence-electron chi connectivity index (χ0n) is 9.49. The summed E-state index contributed by atoms with van der Waals surface area (Å²) < 4.78 is 0. The van der Waals surface area contributed by atoms with Gasteiger partial charge in [0.15, 0.2) is 0 Å². The van der Waals surface area contributed by atoms with Crippen molar-refractivity contribution in [1.82, 2.24) is 9.88 Å². The molecule has 2 N–H and O–H groups in total. The van der Waals surface area contributed by atoms with E-state index in [0.29, 0.717) is 12.5 Å². The van der Waals surface area contributed by atoms with Gasteiger partial charge in [-0.05, 0) is 39.9 Å². The number of thiazole rings is 1. The molecule has 0 amide bonds. The van der Waals surface area contributed by atoms with Crippen LogP contribution in [0.25, 0.3) is 0 Å². The maximum Gasteiger partial charge on any atom is 0.107 e. The van der Waals surface area contributed by atoms with Crippen LogP contribution in [0.3, 0.4) is 0 Å². The summed E-state index contributed by atoms with van der Waals surface area (Å²) in [6.07, 6.45) is 2.48. The Kier molecular flexibility index (Phi) is 3.38. The van der Waals surface area contributed by atoms with Gasteiger partial charge in [0.2, 0.25) is 0 Å². The van der Waals surface area contributed by atoms with Crippen molar-refractivity contribution in [2.24, 2.45) is 5.73 Å². The van der Waals surface area contributed by atoms with E-state index in [1.54, 1.807) is 11.3 Å². The van der Waals surface area contributed by atoms with Crippen molar-refractivity contribution in [1.29, 1.82) is 0 Å². The summed E-state index contributed by atoms with van der Waals surface area (Å²) in [6.45, 7) is 5.14. The molecule has 1 saturated heterocycles. The molecule has 0 radical (unpaired) electrons. The second kappa shape index (κ2) is 4.60. The molecule has 1 aromatic heterocycles. The van der Waals surface area contributed by atoms with Crippen LogP contribution in [0, 0.1) is 6.92 Å². The molecule has 0 atom stereocenters. The molecule has 0 unspecified atom stereocenters. The zero-order valence-corrected chi connectivity index (χ0v) is 10.3. The Morgan fingerprint density at radius 2 is 2.13 bits per heavy atom. The van der Waals surface area contributed by atoms with E-state index in [1.807, 2.05) is 0 Å². The molecule has 1 fully saturated rings. The van der Waals surface area contributed by atoms with Crippen molar-refractivity contribution in [3.05, 3.63) is 15.6 Å². The molecule has 84 valence electrons. The summed E-state index contributed by atoms with van der Waals surface area (Å²) >= 11 is 1.76. The Balaban J connectivity index is 2.11. The van der Waals surface area contributed by atoms with E-state index in [9.17, 15) is 0 Å². The molecule has 0 bridgehead atoms. The first-order valence-corrected chi connectivity index (χ1v) is 6.37. The van der Waals surface area contributed by atoms with Crippen LogP contribution in [0.1, 0.15) is 34.3 Å². The smallest absolute Gasteiger partial charge is 0.107 e. The number of nitrogens with zero attached hydrogens (tertiary/aromatic N) is 2. The Hall–Kier alpha value is -0.450. The van der Waals surface area contributed by atoms with Gasteiger partial charge in [-0.1, -0.05) is 0 Å². The molecule has 1 aliphatic rings. The van der Waals surface area contributed by atoms with Gasteiger partial charge in [0.25, 0.3) is 0 Å². The van der Waals surface area contributed by atoms with E-state index in [-0.39, 0.29) is 0 Å². The van der Waals surface area contributed by atoms with Gasteiger partial charge >= 0.3 is 0 Å². The first kappa shape index (κ1) is 11.0. The van der Waals surface area contributed by atoms with Crippen molar-refractivity contribution >= 4 is 11.3 Å². The van der Waals surface area contributed by atoms with Crippen LogP contribution < -0.4 is 5.73 Å². The van der Waals surface area contributed by atoms with E-state index < -0.39 is 0 Å². The quantitative estimate of drug-likeness (QED) is 0.833. The molecule has 2 rings (SSSR count). The van der Waals surface area contributed by atoms with Crippen LogP contribution in [0.5, 0.6) is 0 Å². The summed E-state index contributed by atoms with van der Waals surface area (Å²) in [6, 6.07) is 0. The lowest BCUT2D eigenvalue weighted by Gasteiger charge is -2.28. The van der Waals surface area contributed by atoms with Crippen molar-refractivity contribution in [2.75, 3.05) is 20.1 Å². The van der Waals surface area contributed by atoms with E-state index in [2.05, 4.69) is 23.9 Å². The highest BCUT2D eigenvalue weighted by molar-refractivity contribution is 7.11. The Labute approximate surface area is 95.3 Å². The summed E-state index contributed by atoms with van der Waals surface area (Å²) in [5.41, 5.74) is 6.94. The van der Waals surface area contributed by atoms with Crippen LogP contribution in [0.15, 0.2) is 0 Å². The number of hydrogen-bond donors (Lipinski definition) is 1. The second-order valence-corrected chi connectivity index (χ2v) is 5.62. The summed E-state index contributed by atoms with van der Waals surface area (Å²) in [5.74, 6) is 0.665. The normalized spacial score (nSPS) is 19.7. The minimum atomic E-state index is 0.581. The highest BCUT2D eigenvalue weighted by Crippen LogP contribution is 2.31. The predicted molar refractivity (Wildman–Crippen MR) is 64.2 cm³/mol. The Bertz CT molecular complexity index is 327. The molecule has 3 nitrogen and oxygen atoms in total. The van der Waals surface area contributed by atoms with Gasteiger partial charge in [0.1, 0.15) is 5.01 Å². The summed E-state index contributed by atoms with van der Waals surface area (Å²) in [4.78, 5) is 8.41. The molecule has 0 saturated carbocycles. The first-order valence-electron chi connectivity index (χ1n) is 5.55. The number of nitrogens with two attached hydrogens (primary N) is 1. The number of aromatic nitrogens is 1. The highest BCUT2D eigenvalue weighted by Gasteiger charge is 2.22. The van der Waals surface area contributed by atoms with Crippen LogP contribution in [-0.4, -0.2) is 30.0 Å². The van der Waals surface area contributed by atoms with Crippen molar-refractivity contribution in [3.63, 3.8) is 0 Å². The standard InChI is InChI=1S/C11H19N3S/c1-8-11(13-10(7-12)15-8)9-3-5-14(2)6-4-9/h9H,3-7,12H2,1-2H3. The Morgan fingerprint density at radius 1 is 1.47 bits per heavy atom. The third-order valence-electron chi connectivity index (χ3n) is 3.16. The fraction of sp³-hybridized carbons (Fsp3) is 0.727. The molecule has 0 aliphatic carbocycles. The van der Waals surface area contributed by atoms with E-state index >= 15 is 0 Å². The number of rotatable bonds is 2. The molecular weight excluding hydrogens is 206 g/mol. The fourth-order valence-electron chi connectivity index (χ4n) is 2.21. The zero-order chi connectivity index (χ0) is 10.8. The molecule has 1 aliphatic heterocycles. The number of hydrogen-bond acceptors (Lipinski definition) is 4. The van der Waals surface area contributed by atoms with Gasteiger partial charge in [-0.15, -0.1) is 11.3 Å². The lowest BCUT2D eigenvalue weighted by atomic mass is 9.93. The monoisotopic (exact) mass is 225 g/mol. The molecule has 1 aromatic rings. The fourth-order valence-corrected chi connectivity index (χ4v) is 3.11. The minimum Gasteiger partial charge on any atom is -0.325 e. The van der Waals surface area contributed by atoms with E-state index in [0.717, 1.165) is 5.01 Å². The van der Waals surface area contributed by atoms with Crippen molar-refractivity contribution in [3.8, 4) is 0 Å². The predicted octanol–water partition coefficient (Wildman–Crippen LogP) is 1.72. The Morgan fingerprint density at radius 3 is 2.67 bits per heavy atom. The van der Waals surface area contributed by atoms with Gasteiger partial charge < -0.3 is 10.6 Å². The average molecular weight is 225 g/mol. The molecule has 15 heavy (non-hydrogen) atoms. The average Bonchev–Trinajstić information content (AvgIpc) is 2.61. The topological polar surface area (TPSA) is 42.1 Å². The maximum atomic E-state index is 5.62. The van der Waals surface area contributed by atoms with Gasteiger partial charge in [-0.3, -0.25) is 0 Å². The third-order valence-corrected chi connectivity index (χ3v) is 4.17. The van der Waals surface area contributed by atoms with Crippen LogP contribution in [0.2, 0.25) is 0 Å². The maximum absolute atomic E-state index is 5.62. The summed E-state index contributed by atoms with van der Waals surface area (Å²) in [7, 11) is 2.19. The third kappa shape index (κ3) is 2.38. The number of piperidine rings is 1. The van der Waals surface area contributed by atoms with Gasteiger partial charge in [0.05, 0.1) is 5.69 Å². The SMILES string of the molecule is Cc1sc(CN)nc1C1CCN(C)CC1.